The largest absolute Gasteiger partial charge is 0.494 e. The zero-order valence-electron chi connectivity index (χ0n) is 22.5. The number of nitrogens with zero attached hydrogens (tertiary/aromatic N) is 5. The Hall–Kier alpha value is -4.15. The molecule has 1 aromatic heterocycles. The van der Waals surface area contributed by atoms with Gasteiger partial charge in [-0.05, 0) is 31.5 Å². The molecule has 2 aliphatic rings. The fourth-order valence-electron chi connectivity index (χ4n) is 5.03. The molecule has 0 radical (unpaired) electrons. The van der Waals surface area contributed by atoms with Crippen molar-refractivity contribution >= 4 is 34.5 Å². The molecule has 1 atom stereocenters. The Morgan fingerprint density at radius 3 is 2.64 bits per heavy atom. The van der Waals surface area contributed by atoms with Crippen LogP contribution < -0.4 is 25.8 Å². The number of hydrogen-bond donors (Lipinski definition) is 2. The molecule has 3 heterocycles. The minimum absolute atomic E-state index is 0.165. The van der Waals surface area contributed by atoms with E-state index in [1.54, 1.807) is 7.11 Å². The maximum Gasteiger partial charge on any atom is 0.248 e. The Balaban J connectivity index is 1.42. The molecule has 0 aliphatic carbocycles. The highest BCUT2D eigenvalue weighted by Gasteiger charge is 2.28. The summed E-state index contributed by atoms with van der Waals surface area (Å²) in [7, 11) is 3.72. The molecule has 39 heavy (non-hydrogen) atoms. The molecule has 2 aliphatic heterocycles. The lowest BCUT2D eigenvalue weighted by molar-refractivity contribution is -0.112. The van der Waals surface area contributed by atoms with Gasteiger partial charge in [-0.15, -0.1) is 0 Å². The Kier molecular flexibility index (Phi) is 7.94. The van der Waals surface area contributed by atoms with E-state index in [1.165, 1.54) is 11.9 Å². The molecule has 204 valence electrons. The molecule has 5 rings (SSSR count). The lowest BCUT2D eigenvalue weighted by Crippen LogP contribution is -2.44. The summed E-state index contributed by atoms with van der Waals surface area (Å²) < 4.78 is 5.75. The molecule has 10 nitrogen and oxygen atoms in total. The smallest absolute Gasteiger partial charge is 0.248 e. The van der Waals surface area contributed by atoms with E-state index < -0.39 is 5.91 Å². The third-order valence-corrected chi connectivity index (χ3v) is 7.25. The number of nitrogens with two attached hydrogens (primary N) is 1. The fourth-order valence-corrected chi connectivity index (χ4v) is 5.03. The van der Waals surface area contributed by atoms with Crippen LogP contribution in [0.25, 0.3) is 5.57 Å². The molecule has 3 aromatic rings. The summed E-state index contributed by atoms with van der Waals surface area (Å²) in [6, 6.07) is 16.2. The number of ether oxygens (including phenoxy) is 1. The van der Waals surface area contributed by atoms with Crippen LogP contribution in [0.2, 0.25) is 0 Å². The molecule has 10 heteroatoms. The topological polar surface area (TPSA) is 109 Å². The summed E-state index contributed by atoms with van der Waals surface area (Å²) in [5.74, 6) is 1.28. The highest BCUT2D eigenvalue weighted by atomic mass is 16.7. The van der Waals surface area contributed by atoms with E-state index in [2.05, 4.69) is 50.8 Å². The van der Waals surface area contributed by atoms with Crippen molar-refractivity contribution in [2.75, 3.05) is 62.2 Å². The molecule has 0 saturated carbocycles. The zero-order chi connectivity index (χ0) is 27.4. The van der Waals surface area contributed by atoms with Gasteiger partial charge >= 0.3 is 0 Å². The van der Waals surface area contributed by atoms with Crippen LogP contribution in [0.5, 0.6) is 5.75 Å². The summed E-state index contributed by atoms with van der Waals surface area (Å²) in [5, 5.41) is 5.21. The fraction of sp³-hybridized carbons (Fsp3) is 0.345. The molecular weight excluding hydrogens is 494 g/mol. The summed E-state index contributed by atoms with van der Waals surface area (Å²) in [6.45, 7) is 8.08. The number of methoxy groups -OCH3 is 1. The molecule has 2 saturated heterocycles. The summed E-state index contributed by atoms with van der Waals surface area (Å²) in [6.07, 6.45) is 3.27. The van der Waals surface area contributed by atoms with E-state index in [0.717, 1.165) is 44.7 Å². The van der Waals surface area contributed by atoms with Gasteiger partial charge in [0.1, 0.15) is 17.9 Å². The molecule has 2 aromatic carbocycles. The van der Waals surface area contributed by atoms with Gasteiger partial charge in [0, 0.05) is 55.1 Å². The number of piperazine rings is 1. The van der Waals surface area contributed by atoms with Crippen LogP contribution in [0.15, 0.2) is 61.4 Å². The first-order valence-corrected chi connectivity index (χ1v) is 13.1. The third-order valence-electron chi connectivity index (χ3n) is 7.25. The van der Waals surface area contributed by atoms with Gasteiger partial charge in [0.25, 0.3) is 0 Å². The van der Waals surface area contributed by atoms with Gasteiger partial charge in [0.15, 0.2) is 5.82 Å². The Labute approximate surface area is 229 Å². The van der Waals surface area contributed by atoms with Crippen LogP contribution in [0.3, 0.4) is 0 Å². The lowest BCUT2D eigenvalue weighted by Gasteiger charge is -2.35. The number of carbonyl (C=O) groups is 1. The number of amides is 1. The normalized spacial score (nSPS) is 17.7. The number of aromatic nitrogens is 2. The van der Waals surface area contributed by atoms with Crippen molar-refractivity contribution in [1.82, 2.24) is 14.9 Å². The van der Waals surface area contributed by atoms with E-state index in [1.807, 2.05) is 41.5 Å². The monoisotopic (exact) mass is 529 g/mol. The van der Waals surface area contributed by atoms with Crippen LogP contribution in [-0.2, 0) is 16.1 Å². The predicted octanol–water partition coefficient (Wildman–Crippen LogP) is 3.23. The van der Waals surface area contributed by atoms with E-state index >= 15 is 0 Å². The second-order valence-corrected chi connectivity index (χ2v) is 9.88. The Morgan fingerprint density at radius 2 is 1.92 bits per heavy atom. The van der Waals surface area contributed by atoms with Crippen LogP contribution in [0.4, 0.5) is 23.0 Å². The van der Waals surface area contributed by atoms with Gasteiger partial charge in [-0.25, -0.2) is 15.0 Å². The highest BCUT2D eigenvalue weighted by Crippen LogP contribution is 2.38. The number of anilines is 4. The summed E-state index contributed by atoms with van der Waals surface area (Å²) in [5.41, 5.74) is 9.32. The third kappa shape index (κ3) is 5.97. The van der Waals surface area contributed by atoms with Crippen molar-refractivity contribution < 1.29 is 14.4 Å². The zero-order valence-corrected chi connectivity index (χ0v) is 22.5. The predicted molar refractivity (Wildman–Crippen MR) is 153 cm³/mol. The summed E-state index contributed by atoms with van der Waals surface area (Å²) in [4.78, 5) is 31.5. The van der Waals surface area contributed by atoms with Crippen molar-refractivity contribution in [2.24, 2.45) is 5.73 Å². The van der Waals surface area contributed by atoms with E-state index in [4.69, 9.17) is 15.3 Å². The number of likely N-dealkylation sites (N-methyl/N-ethyl adjacent to an activating group) is 1. The van der Waals surface area contributed by atoms with Crippen molar-refractivity contribution in [3.63, 3.8) is 0 Å². The molecular formula is C29H35N7O3. The number of hydroxylamine groups is 1. The average Bonchev–Trinajstić information content (AvgIpc) is 3.41. The molecule has 1 amide bonds. The second-order valence-electron chi connectivity index (χ2n) is 9.88. The first-order chi connectivity index (χ1) is 18.9. The van der Waals surface area contributed by atoms with Crippen molar-refractivity contribution in [3.05, 3.63) is 72.6 Å². The SMILES string of the molecule is C=C(C(N)=O)c1cc(Nc2cc(N3OCC[C@H]3Cc3ccccc3)ncn2)c(OC)cc1N1CCN(C)CC1. The molecule has 0 spiro atoms. The maximum absolute atomic E-state index is 12.2. The van der Waals surface area contributed by atoms with Crippen LogP contribution in [0, 0.1) is 0 Å². The van der Waals surface area contributed by atoms with Crippen molar-refractivity contribution in [2.45, 2.75) is 18.9 Å². The molecule has 2 fully saturated rings. The minimum atomic E-state index is -0.568. The van der Waals surface area contributed by atoms with Gasteiger partial charge < -0.3 is 25.6 Å². The molecule has 3 N–H and O–H groups in total. The van der Waals surface area contributed by atoms with Crippen LogP contribution >= 0.6 is 0 Å². The number of nitrogens with one attached hydrogen (secondary N) is 1. The first-order valence-electron chi connectivity index (χ1n) is 13.1. The van der Waals surface area contributed by atoms with E-state index in [9.17, 15) is 4.79 Å². The van der Waals surface area contributed by atoms with Crippen LogP contribution in [-0.4, -0.2) is 73.8 Å². The summed E-state index contributed by atoms with van der Waals surface area (Å²) >= 11 is 0. The first kappa shape index (κ1) is 26.5. The van der Waals surface area contributed by atoms with Gasteiger partial charge in [-0.1, -0.05) is 36.9 Å². The highest BCUT2D eigenvalue weighted by molar-refractivity contribution is 6.19. The Bertz CT molecular complexity index is 1330. The number of benzene rings is 2. The van der Waals surface area contributed by atoms with E-state index in [0.29, 0.717) is 35.2 Å². The number of hydrogen-bond acceptors (Lipinski definition) is 9. The quantitative estimate of drug-likeness (QED) is 0.404. The average molecular weight is 530 g/mol. The maximum atomic E-state index is 12.2. The van der Waals surface area contributed by atoms with E-state index in [-0.39, 0.29) is 11.6 Å². The van der Waals surface area contributed by atoms with Gasteiger partial charge in [0.2, 0.25) is 5.91 Å². The minimum Gasteiger partial charge on any atom is -0.494 e. The van der Waals surface area contributed by atoms with Gasteiger partial charge in [0.05, 0.1) is 25.4 Å². The number of carbonyl (C=O) groups excluding carboxylic acids is 1. The van der Waals surface area contributed by atoms with Crippen LogP contribution in [0.1, 0.15) is 17.5 Å². The number of rotatable bonds is 9. The van der Waals surface area contributed by atoms with Gasteiger partial charge in [-0.2, -0.15) is 0 Å². The standard InChI is InChI=1S/C29H35N7O3/c1-20(29(30)37)23-16-24(26(38-3)17-25(23)35-12-10-34(2)11-13-35)33-27-18-28(32-19-31-27)36-22(9-14-39-36)15-21-7-5-4-6-8-21/h4-8,16-19,22H,1,9-15H2,2-3H3,(H2,30,37)(H,31,32,33)/t22-/m0/s1. The number of primary amides is 1. The van der Waals surface area contributed by atoms with Gasteiger partial charge in [-0.3, -0.25) is 9.63 Å². The van der Waals surface area contributed by atoms with Crippen molar-refractivity contribution in [1.29, 1.82) is 0 Å². The second kappa shape index (κ2) is 11.7. The molecule has 0 unspecified atom stereocenters. The van der Waals surface area contributed by atoms with Crippen molar-refractivity contribution in [3.8, 4) is 5.75 Å². The lowest BCUT2D eigenvalue weighted by atomic mass is 10.0. The Morgan fingerprint density at radius 1 is 1.15 bits per heavy atom. The molecule has 0 bridgehead atoms.